The first-order valence-corrected chi connectivity index (χ1v) is 11.8. The van der Waals surface area contributed by atoms with Crippen molar-refractivity contribution in [2.75, 3.05) is 0 Å². The Labute approximate surface area is 182 Å². The number of hydrogen-bond acceptors (Lipinski definition) is 4. The summed E-state index contributed by atoms with van der Waals surface area (Å²) in [5.74, 6) is 1.17. The Morgan fingerprint density at radius 1 is 0.968 bits per heavy atom. The van der Waals surface area contributed by atoms with Crippen molar-refractivity contribution in [3.05, 3.63) is 65.2 Å². The second kappa shape index (κ2) is 6.76. The minimum atomic E-state index is -3.95. The van der Waals surface area contributed by atoms with E-state index in [1.165, 1.54) is 5.56 Å². The maximum absolute atomic E-state index is 12.9. The lowest BCUT2D eigenvalue weighted by atomic mass is 9.93. The summed E-state index contributed by atoms with van der Waals surface area (Å²) in [5, 5.41) is 1.98. The summed E-state index contributed by atoms with van der Waals surface area (Å²) in [4.78, 5) is 3.50. The van der Waals surface area contributed by atoms with Crippen LogP contribution in [0.2, 0.25) is 0 Å². The Morgan fingerprint density at radius 2 is 1.71 bits per heavy atom. The van der Waals surface area contributed by atoms with Crippen molar-refractivity contribution in [2.45, 2.75) is 51.0 Å². The van der Waals surface area contributed by atoms with E-state index >= 15 is 0 Å². The van der Waals surface area contributed by atoms with Gasteiger partial charge in [-0.05, 0) is 82.0 Å². The van der Waals surface area contributed by atoms with Crippen LogP contribution >= 0.6 is 0 Å². The number of ether oxygens (including phenoxy) is 1. The van der Waals surface area contributed by atoms with Crippen molar-refractivity contribution in [1.82, 2.24) is 4.98 Å². The number of aromatic nitrogens is 1. The van der Waals surface area contributed by atoms with Crippen LogP contribution in [0.1, 0.15) is 37.0 Å². The molecule has 4 aromatic rings. The highest BCUT2D eigenvalue weighted by atomic mass is 32.2. The molecule has 6 heteroatoms. The largest absolute Gasteiger partial charge is 0.487 e. The highest BCUT2D eigenvalue weighted by Crippen LogP contribution is 2.40. The van der Waals surface area contributed by atoms with Gasteiger partial charge in [-0.2, -0.15) is 8.42 Å². The number of H-pyrrole nitrogens is 1. The van der Waals surface area contributed by atoms with Gasteiger partial charge in [0, 0.05) is 16.8 Å². The van der Waals surface area contributed by atoms with Crippen LogP contribution in [0.5, 0.6) is 11.5 Å². The average Bonchev–Trinajstić information content (AvgIpc) is 3.03. The number of aromatic amines is 1. The Balaban J connectivity index is 1.65. The zero-order valence-electron chi connectivity index (χ0n) is 18.1. The molecule has 31 heavy (non-hydrogen) atoms. The molecule has 5 nitrogen and oxygen atoms in total. The van der Waals surface area contributed by atoms with Crippen molar-refractivity contribution in [3.8, 4) is 11.5 Å². The summed E-state index contributed by atoms with van der Waals surface area (Å²) in [6.07, 6.45) is 1.90. The lowest BCUT2D eigenvalue weighted by molar-refractivity contribution is 0.0849. The lowest BCUT2D eigenvalue weighted by Gasteiger charge is -2.32. The maximum atomic E-state index is 12.9. The summed E-state index contributed by atoms with van der Waals surface area (Å²) >= 11 is 0. The highest BCUT2D eigenvalue weighted by molar-refractivity contribution is 7.87. The number of benzene rings is 3. The van der Waals surface area contributed by atoms with Crippen molar-refractivity contribution >= 4 is 31.9 Å². The van der Waals surface area contributed by atoms with E-state index in [0.29, 0.717) is 11.3 Å². The normalized spacial score (nSPS) is 15.6. The zero-order chi connectivity index (χ0) is 22.0. The Bertz CT molecular complexity index is 1430. The Morgan fingerprint density at radius 3 is 2.45 bits per heavy atom. The molecule has 1 aliphatic rings. The summed E-state index contributed by atoms with van der Waals surface area (Å²) in [6.45, 7) is 8.04. The summed E-state index contributed by atoms with van der Waals surface area (Å²) in [6, 6.07) is 14.6. The monoisotopic (exact) mass is 435 g/mol. The molecular weight excluding hydrogens is 410 g/mol. The third kappa shape index (κ3) is 3.55. The summed E-state index contributed by atoms with van der Waals surface area (Å²) in [7, 11) is -3.95. The van der Waals surface area contributed by atoms with Crippen LogP contribution in [-0.4, -0.2) is 19.0 Å². The van der Waals surface area contributed by atoms with E-state index in [0.717, 1.165) is 46.0 Å². The molecule has 0 unspecified atom stereocenters. The molecule has 1 N–H and O–H groups in total. The Hall–Kier alpha value is -2.99. The molecular formula is C25H25NO4S. The second-order valence-electron chi connectivity index (χ2n) is 9.03. The minimum Gasteiger partial charge on any atom is -0.487 e. The van der Waals surface area contributed by atoms with Gasteiger partial charge in [0.1, 0.15) is 16.2 Å². The molecule has 0 amide bonds. The van der Waals surface area contributed by atoms with E-state index in [-0.39, 0.29) is 10.5 Å². The van der Waals surface area contributed by atoms with Crippen LogP contribution in [0.25, 0.3) is 21.8 Å². The van der Waals surface area contributed by atoms with E-state index in [1.54, 1.807) is 30.3 Å². The van der Waals surface area contributed by atoms with Crippen molar-refractivity contribution in [3.63, 3.8) is 0 Å². The van der Waals surface area contributed by atoms with Gasteiger partial charge in [0.2, 0.25) is 0 Å². The average molecular weight is 436 g/mol. The molecule has 1 aliphatic heterocycles. The number of aryl methyl sites for hydroxylation is 3. The molecule has 0 bridgehead atoms. The van der Waals surface area contributed by atoms with E-state index in [9.17, 15) is 8.42 Å². The predicted octanol–water partition coefficient (Wildman–Crippen LogP) is 5.81. The molecule has 0 aliphatic carbocycles. The van der Waals surface area contributed by atoms with Crippen LogP contribution in [0.3, 0.4) is 0 Å². The second-order valence-corrected chi connectivity index (χ2v) is 10.6. The van der Waals surface area contributed by atoms with Crippen LogP contribution in [-0.2, 0) is 16.5 Å². The smallest absolute Gasteiger partial charge is 0.339 e. The molecule has 0 saturated heterocycles. The van der Waals surface area contributed by atoms with Gasteiger partial charge < -0.3 is 13.9 Å². The van der Waals surface area contributed by atoms with Gasteiger partial charge in [-0.1, -0.05) is 17.7 Å². The van der Waals surface area contributed by atoms with E-state index < -0.39 is 10.1 Å². The highest BCUT2D eigenvalue weighted by Gasteiger charge is 2.28. The van der Waals surface area contributed by atoms with E-state index in [1.807, 2.05) is 19.9 Å². The van der Waals surface area contributed by atoms with Gasteiger partial charge in [0.05, 0.1) is 11.0 Å². The van der Waals surface area contributed by atoms with Gasteiger partial charge in [0.15, 0.2) is 5.75 Å². The fourth-order valence-electron chi connectivity index (χ4n) is 4.19. The molecule has 0 atom stereocenters. The van der Waals surface area contributed by atoms with Crippen LogP contribution in [0.4, 0.5) is 0 Å². The standard InChI is InChI=1S/C25H25NO4S/c1-15-5-7-18(8-6-15)31(27,28)30-23-12-16(2)11-20-19-13-17-9-10-25(3,4)29-22(17)14-21(19)26-24(20)23/h5-8,11-14,26H,9-10H2,1-4H3. The van der Waals surface area contributed by atoms with Gasteiger partial charge in [0.25, 0.3) is 0 Å². The SMILES string of the molecule is Cc1ccc(S(=O)(=O)Oc2cc(C)cc3c2[nH]c2cc4c(cc23)CCC(C)(C)O4)cc1. The van der Waals surface area contributed by atoms with E-state index in [2.05, 4.69) is 31.0 Å². The first-order valence-electron chi connectivity index (χ1n) is 10.4. The number of fused-ring (bicyclic) bond motifs is 4. The molecule has 1 aromatic heterocycles. The van der Waals surface area contributed by atoms with Crippen LogP contribution < -0.4 is 8.92 Å². The van der Waals surface area contributed by atoms with E-state index in [4.69, 9.17) is 8.92 Å². The molecule has 3 aromatic carbocycles. The Kier molecular flexibility index (Phi) is 4.35. The topological polar surface area (TPSA) is 68.4 Å². The van der Waals surface area contributed by atoms with Crippen molar-refractivity contribution < 1.29 is 17.3 Å². The summed E-state index contributed by atoms with van der Waals surface area (Å²) < 4.78 is 37.6. The third-order valence-electron chi connectivity index (χ3n) is 5.89. The van der Waals surface area contributed by atoms with Crippen molar-refractivity contribution in [1.29, 1.82) is 0 Å². The predicted molar refractivity (Wildman–Crippen MR) is 123 cm³/mol. The first kappa shape index (κ1) is 19.9. The lowest BCUT2D eigenvalue weighted by Crippen LogP contribution is -2.32. The van der Waals surface area contributed by atoms with Crippen LogP contribution in [0.15, 0.2) is 53.4 Å². The molecule has 0 fully saturated rings. The minimum absolute atomic E-state index is 0.134. The number of nitrogens with one attached hydrogen (secondary N) is 1. The number of hydrogen-bond donors (Lipinski definition) is 1. The molecule has 5 rings (SSSR count). The summed E-state index contributed by atoms with van der Waals surface area (Å²) in [5.41, 5.74) is 4.45. The van der Waals surface area contributed by atoms with Gasteiger partial charge in [-0.15, -0.1) is 0 Å². The third-order valence-corrected chi connectivity index (χ3v) is 7.14. The van der Waals surface area contributed by atoms with Gasteiger partial charge in [-0.25, -0.2) is 0 Å². The maximum Gasteiger partial charge on any atom is 0.339 e. The quantitative estimate of drug-likeness (QED) is 0.412. The molecule has 160 valence electrons. The van der Waals surface area contributed by atoms with Gasteiger partial charge >= 0.3 is 10.1 Å². The number of rotatable bonds is 3. The fraction of sp³-hybridized carbons (Fsp3) is 0.280. The molecule has 2 heterocycles. The fourth-order valence-corrected chi connectivity index (χ4v) is 5.13. The molecule has 0 spiro atoms. The first-order chi connectivity index (χ1) is 14.6. The molecule has 0 saturated carbocycles. The van der Waals surface area contributed by atoms with Gasteiger partial charge in [-0.3, -0.25) is 0 Å². The molecule has 0 radical (unpaired) electrons. The van der Waals surface area contributed by atoms with Crippen molar-refractivity contribution in [2.24, 2.45) is 0 Å². The van der Waals surface area contributed by atoms with Crippen LogP contribution in [0, 0.1) is 13.8 Å². The zero-order valence-corrected chi connectivity index (χ0v) is 18.9.